The van der Waals surface area contributed by atoms with E-state index in [0.717, 1.165) is 0 Å². The van der Waals surface area contributed by atoms with E-state index in [1.165, 1.54) is 13.2 Å². The molecule has 0 spiro atoms. The summed E-state index contributed by atoms with van der Waals surface area (Å²) in [4.78, 5) is 10.8. The standard InChI is InChI=1S/C13H11BrO5/c1-17-9-4-3-7(12(18-2)11(9)14)8-5-6-10(19-8)13(15)16/h3-6H,1-2H3,(H,15,16). The van der Waals surface area contributed by atoms with Gasteiger partial charge in [0.15, 0.2) is 0 Å². The Kier molecular flexibility index (Phi) is 3.80. The fourth-order valence-corrected chi connectivity index (χ4v) is 2.36. The van der Waals surface area contributed by atoms with Gasteiger partial charge in [0, 0.05) is 0 Å². The number of carboxylic acids is 1. The molecular weight excluding hydrogens is 316 g/mol. The molecule has 100 valence electrons. The third kappa shape index (κ3) is 2.44. The fourth-order valence-electron chi connectivity index (χ4n) is 1.69. The van der Waals surface area contributed by atoms with Crippen molar-refractivity contribution in [3.8, 4) is 22.8 Å². The van der Waals surface area contributed by atoms with E-state index in [0.29, 0.717) is 27.3 Å². The Morgan fingerprint density at radius 2 is 1.95 bits per heavy atom. The Labute approximate surface area is 117 Å². The molecule has 6 heteroatoms. The number of carboxylic acid groups (broad SMARTS) is 1. The van der Waals surface area contributed by atoms with Crippen LogP contribution in [0.1, 0.15) is 10.6 Å². The average molecular weight is 327 g/mol. The molecule has 0 aliphatic rings. The predicted molar refractivity (Wildman–Crippen MR) is 71.9 cm³/mol. The van der Waals surface area contributed by atoms with Gasteiger partial charge in [0.1, 0.15) is 21.7 Å². The van der Waals surface area contributed by atoms with Gasteiger partial charge in [0.25, 0.3) is 0 Å². The van der Waals surface area contributed by atoms with Gasteiger partial charge in [-0.25, -0.2) is 4.79 Å². The summed E-state index contributed by atoms with van der Waals surface area (Å²) >= 11 is 3.38. The molecule has 1 aromatic heterocycles. The SMILES string of the molecule is COc1ccc(-c2ccc(C(=O)O)o2)c(OC)c1Br. The number of methoxy groups -OCH3 is 2. The number of hydrogen-bond acceptors (Lipinski definition) is 4. The molecule has 0 saturated heterocycles. The van der Waals surface area contributed by atoms with Crippen molar-refractivity contribution < 1.29 is 23.8 Å². The van der Waals surface area contributed by atoms with Gasteiger partial charge in [-0.15, -0.1) is 0 Å². The third-order valence-corrected chi connectivity index (χ3v) is 3.32. The number of halogens is 1. The molecule has 0 unspecified atom stereocenters. The summed E-state index contributed by atoms with van der Waals surface area (Å²) in [5.41, 5.74) is 0.641. The van der Waals surface area contributed by atoms with E-state index in [2.05, 4.69) is 15.9 Å². The van der Waals surface area contributed by atoms with Crippen LogP contribution in [0.4, 0.5) is 0 Å². The number of ether oxygens (including phenoxy) is 2. The van der Waals surface area contributed by atoms with Crippen LogP contribution in [0.5, 0.6) is 11.5 Å². The summed E-state index contributed by atoms with van der Waals surface area (Å²) < 4.78 is 16.4. The molecule has 2 aromatic rings. The molecule has 19 heavy (non-hydrogen) atoms. The van der Waals surface area contributed by atoms with E-state index in [4.69, 9.17) is 19.0 Å². The smallest absolute Gasteiger partial charge is 0.371 e. The lowest BCUT2D eigenvalue weighted by Crippen LogP contribution is -1.93. The van der Waals surface area contributed by atoms with E-state index in [1.54, 1.807) is 25.3 Å². The maximum Gasteiger partial charge on any atom is 0.371 e. The molecule has 0 radical (unpaired) electrons. The first-order chi connectivity index (χ1) is 9.08. The van der Waals surface area contributed by atoms with Crippen LogP contribution >= 0.6 is 15.9 Å². The molecule has 0 amide bonds. The largest absolute Gasteiger partial charge is 0.495 e. The number of carbonyl (C=O) groups is 1. The maximum absolute atomic E-state index is 10.8. The van der Waals surface area contributed by atoms with Gasteiger partial charge in [-0.3, -0.25) is 0 Å². The summed E-state index contributed by atoms with van der Waals surface area (Å²) in [6, 6.07) is 6.47. The predicted octanol–water partition coefficient (Wildman–Crippen LogP) is 3.42. The second-order valence-electron chi connectivity index (χ2n) is 3.63. The van der Waals surface area contributed by atoms with Crippen LogP contribution in [0.15, 0.2) is 33.2 Å². The zero-order valence-corrected chi connectivity index (χ0v) is 11.9. The minimum atomic E-state index is -1.11. The fraction of sp³-hybridized carbons (Fsp3) is 0.154. The monoisotopic (exact) mass is 326 g/mol. The first-order valence-electron chi connectivity index (χ1n) is 5.32. The lowest BCUT2D eigenvalue weighted by atomic mass is 10.1. The Hall–Kier alpha value is -1.95. The van der Waals surface area contributed by atoms with Crippen LogP contribution in [0, 0.1) is 0 Å². The Bertz CT molecular complexity index is 617. The van der Waals surface area contributed by atoms with Gasteiger partial charge in [-0.2, -0.15) is 0 Å². The molecule has 1 heterocycles. The molecule has 0 fully saturated rings. The van der Waals surface area contributed by atoms with Crippen molar-refractivity contribution in [2.24, 2.45) is 0 Å². The summed E-state index contributed by atoms with van der Waals surface area (Å²) in [7, 11) is 3.07. The average Bonchev–Trinajstić information content (AvgIpc) is 2.87. The van der Waals surface area contributed by atoms with Gasteiger partial charge in [-0.1, -0.05) is 0 Å². The summed E-state index contributed by atoms with van der Waals surface area (Å²) in [6.07, 6.45) is 0. The van der Waals surface area contributed by atoms with Crippen molar-refractivity contribution >= 4 is 21.9 Å². The highest BCUT2D eigenvalue weighted by Crippen LogP contribution is 2.42. The van der Waals surface area contributed by atoms with E-state index in [9.17, 15) is 4.79 Å². The van der Waals surface area contributed by atoms with E-state index in [-0.39, 0.29) is 5.76 Å². The van der Waals surface area contributed by atoms with Crippen LogP contribution in [-0.2, 0) is 0 Å². The first-order valence-corrected chi connectivity index (χ1v) is 6.11. The van der Waals surface area contributed by atoms with Gasteiger partial charge in [0.2, 0.25) is 5.76 Å². The molecular formula is C13H11BrO5. The molecule has 0 atom stereocenters. The molecule has 5 nitrogen and oxygen atoms in total. The number of rotatable bonds is 4. The number of aromatic carboxylic acids is 1. The molecule has 0 aliphatic heterocycles. The number of furan rings is 1. The summed E-state index contributed by atoms with van der Waals surface area (Å²) in [5.74, 6) is 0.315. The minimum absolute atomic E-state index is 0.121. The zero-order valence-electron chi connectivity index (χ0n) is 10.3. The van der Waals surface area contributed by atoms with E-state index >= 15 is 0 Å². The van der Waals surface area contributed by atoms with Crippen LogP contribution in [0.3, 0.4) is 0 Å². The Morgan fingerprint density at radius 3 is 2.47 bits per heavy atom. The highest BCUT2D eigenvalue weighted by molar-refractivity contribution is 9.10. The molecule has 1 N–H and O–H groups in total. The van der Waals surface area contributed by atoms with Gasteiger partial charge in [-0.05, 0) is 40.2 Å². The van der Waals surface area contributed by atoms with E-state index < -0.39 is 5.97 Å². The minimum Gasteiger partial charge on any atom is -0.495 e. The Morgan fingerprint density at radius 1 is 1.21 bits per heavy atom. The van der Waals surface area contributed by atoms with Crippen LogP contribution < -0.4 is 9.47 Å². The summed E-state index contributed by atoms with van der Waals surface area (Å²) in [6.45, 7) is 0. The maximum atomic E-state index is 10.8. The van der Waals surface area contributed by atoms with Crippen LogP contribution in [0.25, 0.3) is 11.3 Å². The normalized spacial score (nSPS) is 10.3. The first kappa shape index (κ1) is 13.5. The van der Waals surface area contributed by atoms with Crippen molar-refractivity contribution in [1.29, 1.82) is 0 Å². The summed E-state index contributed by atoms with van der Waals surface area (Å²) in [5, 5.41) is 8.85. The van der Waals surface area contributed by atoms with Crippen LogP contribution in [0.2, 0.25) is 0 Å². The van der Waals surface area contributed by atoms with Gasteiger partial charge >= 0.3 is 5.97 Å². The molecule has 2 rings (SSSR count). The van der Waals surface area contributed by atoms with Crippen molar-refractivity contribution in [1.82, 2.24) is 0 Å². The Balaban J connectivity index is 2.55. The number of hydrogen-bond donors (Lipinski definition) is 1. The number of benzene rings is 1. The third-order valence-electron chi connectivity index (χ3n) is 2.57. The highest BCUT2D eigenvalue weighted by Gasteiger charge is 2.18. The van der Waals surface area contributed by atoms with Crippen molar-refractivity contribution in [3.63, 3.8) is 0 Å². The molecule has 0 saturated carbocycles. The molecule has 1 aromatic carbocycles. The second-order valence-corrected chi connectivity index (χ2v) is 4.42. The quantitative estimate of drug-likeness (QED) is 0.932. The molecule has 0 bridgehead atoms. The van der Waals surface area contributed by atoms with Crippen molar-refractivity contribution in [2.75, 3.05) is 14.2 Å². The van der Waals surface area contributed by atoms with Crippen molar-refractivity contribution in [3.05, 3.63) is 34.5 Å². The van der Waals surface area contributed by atoms with Gasteiger partial charge in [0.05, 0.1) is 19.8 Å². The van der Waals surface area contributed by atoms with Crippen molar-refractivity contribution in [2.45, 2.75) is 0 Å². The van der Waals surface area contributed by atoms with E-state index in [1.807, 2.05) is 0 Å². The van der Waals surface area contributed by atoms with Gasteiger partial charge < -0.3 is 19.0 Å². The topological polar surface area (TPSA) is 68.9 Å². The zero-order chi connectivity index (χ0) is 14.0. The lowest BCUT2D eigenvalue weighted by molar-refractivity contribution is 0.0663. The molecule has 0 aliphatic carbocycles. The highest BCUT2D eigenvalue weighted by atomic mass is 79.9. The lowest BCUT2D eigenvalue weighted by Gasteiger charge is -2.11. The van der Waals surface area contributed by atoms with Crippen LogP contribution in [-0.4, -0.2) is 25.3 Å². The second kappa shape index (κ2) is 5.36.